The Hall–Kier alpha value is -1.06. The summed E-state index contributed by atoms with van der Waals surface area (Å²) in [5, 5.41) is 0. The monoisotopic (exact) mass is 219 g/mol. The van der Waals surface area contributed by atoms with Gasteiger partial charge in [-0.3, -0.25) is 0 Å². The average molecular weight is 219 g/mol. The Labute approximate surface area is 97.4 Å². The van der Waals surface area contributed by atoms with E-state index in [1.54, 1.807) is 0 Å². The van der Waals surface area contributed by atoms with Crippen LogP contribution in [0.3, 0.4) is 0 Å². The fourth-order valence-electron chi connectivity index (χ4n) is 2.31. The zero-order chi connectivity index (χ0) is 11.7. The van der Waals surface area contributed by atoms with Crippen LogP contribution in [0.5, 0.6) is 0 Å². The number of hydrogen-bond acceptors (Lipinski definition) is 3. The minimum Gasteiger partial charge on any atom is -0.372 e. The fourth-order valence-corrected chi connectivity index (χ4v) is 2.31. The molecule has 0 aliphatic carbocycles. The summed E-state index contributed by atoms with van der Waals surface area (Å²) >= 11 is 0. The Morgan fingerprint density at radius 3 is 2.94 bits per heavy atom. The van der Waals surface area contributed by atoms with Crippen LogP contribution < -0.4 is 16.4 Å². The van der Waals surface area contributed by atoms with Crippen molar-refractivity contribution >= 4 is 5.69 Å². The fraction of sp³-hybridized carbons (Fsp3) is 0.538. The molecule has 0 saturated carbocycles. The highest BCUT2D eigenvalue weighted by atomic mass is 15.1. The maximum Gasteiger partial charge on any atom is 0.0419 e. The maximum absolute atomic E-state index is 5.95. The molecule has 4 N–H and O–H groups in total. The smallest absolute Gasteiger partial charge is 0.0419 e. The summed E-state index contributed by atoms with van der Waals surface area (Å²) in [7, 11) is 2.16. The number of fused-ring (bicyclic) bond motifs is 1. The second-order valence-corrected chi connectivity index (χ2v) is 4.73. The van der Waals surface area contributed by atoms with Crippen molar-refractivity contribution in [1.29, 1.82) is 0 Å². The summed E-state index contributed by atoms with van der Waals surface area (Å²) < 4.78 is 0. The Morgan fingerprint density at radius 2 is 2.25 bits per heavy atom. The van der Waals surface area contributed by atoms with Gasteiger partial charge in [0.25, 0.3) is 0 Å². The first-order valence-corrected chi connectivity index (χ1v) is 5.94. The SMILES string of the molecule is CC1CCc2cc([C@@H](N)CN)ccc2N1C. The second-order valence-electron chi connectivity index (χ2n) is 4.73. The van der Waals surface area contributed by atoms with Gasteiger partial charge in [0.05, 0.1) is 0 Å². The molecule has 1 aliphatic heterocycles. The predicted octanol–water partition coefficient (Wildman–Crippen LogP) is 1.42. The molecule has 0 spiro atoms. The van der Waals surface area contributed by atoms with Gasteiger partial charge in [0.1, 0.15) is 0 Å². The Bertz CT molecular complexity index is 375. The lowest BCUT2D eigenvalue weighted by atomic mass is 9.94. The summed E-state index contributed by atoms with van der Waals surface area (Å²) in [5.41, 5.74) is 15.4. The topological polar surface area (TPSA) is 55.3 Å². The van der Waals surface area contributed by atoms with Gasteiger partial charge in [-0.15, -0.1) is 0 Å². The first kappa shape index (κ1) is 11.4. The second kappa shape index (κ2) is 4.44. The largest absolute Gasteiger partial charge is 0.372 e. The minimum absolute atomic E-state index is 0.0324. The number of anilines is 1. The molecule has 3 nitrogen and oxygen atoms in total. The molecule has 88 valence electrons. The molecule has 0 amide bonds. The first-order chi connectivity index (χ1) is 7.63. The third kappa shape index (κ3) is 1.93. The number of hydrogen-bond donors (Lipinski definition) is 2. The molecule has 0 saturated heterocycles. The van der Waals surface area contributed by atoms with Gasteiger partial charge in [0.15, 0.2) is 0 Å². The van der Waals surface area contributed by atoms with Gasteiger partial charge >= 0.3 is 0 Å². The zero-order valence-electron chi connectivity index (χ0n) is 10.1. The molecule has 2 rings (SSSR count). The van der Waals surface area contributed by atoms with Crippen LogP contribution in [0.4, 0.5) is 5.69 Å². The lowest BCUT2D eigenvalue weighted by Gasteiger charge is -2.34. The van der Waals surface area contributed by atoms with Gasteiger partial charge in [-0.1, -0.05) is 12.1 Å². The van der Waals surface area contributed by atoms with E-state index in [0.717, 1.165) is 12.0 Å². The molecule has 1 unspecified atom stereocenters. The van der Waals surface area contributed by atoms with E-state index in [9.17, 15) is 0 Å². The molecule has 0 aromatic heterocycles. The van der Waals surface area contributed by atoms with Gasteiger partial charge in [-0.2, -0.15) is 0 Å². The van der Waals surface area contributed by atoms with Crippen molar-refractivity contribution in [2.75, 3.05) is 18.5 Å². The van der Waals surface area contributed by atoms with E-state index in [1.165, 1.54) is 17.7 Å². The van der Waals surface area contributed by atoms with Crippen molar-refractivity contribution < 1.29 is 0 Å². The lowest BCUT2D eigenvalue weighted by molar-refractivity contribution is 0.597. The Kier molecular flexibility index (Phi) is 3.17. The maximum atomic E-state index is 5.95. The van der Waals surface area contributed by atoms with Crippen LogP contribution >= 0.6 is 0 Å². The highest BCUT2D eigenvalue weighted by Crippen LogP contribution is 2.30. The van der Waals surface area contributed by atoms with Crippen molar-refractivity contribution in [3.63, 3.8) is 0 Å². The molecule has 0 radical (unpaired) electrons. The number of benzene rings is 1. The number of nitrogens with two attached hydrogens (primary N) is 2. The molecule has 3 heteroatoms. The van der Waals surface area contributed by atoms with E-state index < -0.39 is 0 Å². The minimum atomic E-state index is -0.0324. The van der Waals surface area contributed by atoms with Crippen molar-refractivity contribution in [3.05, 3.63) is 29.3 Å². The van der Waals surface area contributed by atoms with Crippen LogP contribution in [-0.4, -0.2) is 19.6 Å². The average Bonchev–Trinajstić information content (AvgIpc) is 2.32. The number of rotatable bonds is 2. The lowest BCUT2D eigenvalue weighted by Crippen LogP contribution is -2.33. The van der Waals surface area contributed by atoms with Crippen molar-refractivity contribution in [2.24, 2.45) is 11.5 Å². The molecule has 0 fully saturated rings. The summed E-state index contributed by atoms with van der Waals surface area (Å²) in [6.07, 6.45) is 2.36. The predicted molar refractivity (Wildman–Crippen MR) is 68.6 cm³/mol. The van der Waals surface area contributed by atoms with Gasteiger partial charge in [0.2, 0.25) is 0 Å². The van der Waals surface area contributed by atoms with Crippen LogP contribution in [0.1, 0.15) is 30.5 Å². The number of nitrogens with zero attached hydrogens (tertiary/aromatic N) is 1. The van der Waals surface area contributed by atoms with Gasteiger partial charge in [-0.25, -0.2) is 0 Å². The van der Waals surface area contributed by atoms with Gasteiger partial charge < -0.3 is 16.4 Å². The van der Waals surface area contributed by atoms with Crippen molar-refractivity contribution in [1.82, 2.24) is 0 Å². The zero-order valence-corrected chi connectivity index (χ0v) is 10.1. The summed E-state index contributed by atoms with van der Waals surface area (Å²) in [4.78, 5) is 2.34. The first-order valence-electron chi connectivity index (χ1n) is 5.94. The molecular formula is C13H21N3. The van der Waals surface area contributed by atoms with Gasteiger partial charge in [0, 0.05) is 31.4 Å². The molecule has 2 atom stereocenters. The normalized spacial score (nSPS) is 21.8. The van der Waals surface area contributed by atoms with Crippen molar-refractivity contribution in [2.45, 2.75) is 31.8 Å². The van der Waals surface area contributed by atoms with E-state index in [4.69, 9.17) is 11.5 Å². The van der Waals surface area contributed by atoms with E-state index in [-0.39, 0.29) is 6.04 Å². The van der Waals surface area contributed by atoms with Gasteiger partial charge in [-0.05, 0) is 37.0 Å². The quantitative estimate of drug-likeness (QED) is 0.791. The Morgan fingerprint density at radius 1 is 1.50 bits per heavy atom. The number of aryl methyl sites for hydroxylation is 1. The molecule has 1 aliphatic rings. The van der Waals surface area contributed by atoms with E-state index in [2.05, 4.69) is 37.1 Å². The third-order valence-corrected chi connectivity index (χ3v) is 3.66. The molecule has 16 heavy (non-hydrogen) atoms. The summed E-state index contributed by atoms with van der Waals surface area (Å²) in [6, 6.07) is 7.09. The van der Waals surface area contributed by atoms with E-state index in [1.807, 2.05) is 0 Å². The molecular weight excluding hydrogens is 198 g/mol. The van der Waals surface area contributed by atoms with E-state index >= 15 is 0 Å². The highest BCUT2D eigenvalue weighted by Gasteiger charge is 2.20. The standard InChI is InChI=1S/C13H21N3/c1-9-3-4-11-7-10(12(15)8-14)5-6-13(11)16(9)2/h5-7,9,12H,3-4,8,14-15H2,1-2H3/t9?,12-/m0/s1. The van der Waals surface area contributed by atoms with Crippen molar-refractivity contribution in [3.8, 4) is 0 Å². The van der Waals surface area contributed by atoms with Crippen LogP contribution in [-0.2, 0) is 6.42 Å². The molecule has 1 heterocycles. The van der Waals surface area contributed by atoms with E-state index in [0.29, 0.717) is 12.6 Å². The molecule has 1 aromatic carbocycles. The summed E-state index contributed by atoms with van der Waals surface area (Å²) in [5.74, 6) is 0. The summed E-state index contributed by atoms with van der Waals surface area (Å²) in [6.45, 7) is 2.77. The molecule has 0 bridgehead atoms. The van der Waals surface area contributed by atoms with Crippen LogP contribution in [0, 0.1) is 0 Å². The third-order valence-electron chi connectivity index (χ3n) is 3.66. The Balaban J connectivity index is 2.33. The van der Waals surface area contributed by atoms with Crippen LogP contribution in [0.2, 0.25) is 0 Å². The molecule has 1 aromatic rings. The van der Waals surface area contributed by atoms with Crippen LogP contribution in [0.15, 0.2) is 18.2 Å². The van der Waals surface area contributed by atoms with Crippen LogP contribution in [0.25, 0.3) is 0 Å². The highest BCUT2D eigenvalue weighted by molar-refractivity contribution is 5.57.